The molecule has 2 aromatic heterocycles. The molecule has 0 unspecified atom stereocenters. The first-order valence-corrected chi connectivity index (χ1v) is 9.81. The number of hydrogen-bond acceptors (Lipinski definition) is 8. The summed E-state index contributed by atoms with van der Waals surface area (Å²) in [6.45, 7) is 3.03. The molecule has 8 nitrogen and oxygen atoms in total. The van der Waals surface area contributed by atoms with Crippen LogP contribution in [0.4, 0.5) is 5.82 Å². The standard InChI is InChI=1S/C19H22N4O4S/c1-10-12(11-4-2-3-5-14(11)28-10)8-21-9-13-16(24)17(25)18(27-13)23-7-6-15(20)22-19(23)26/h2-7,13,16-18,21,24-25H,8-9H2,1H3,(H2,20,22,26)/t13-,16-,17-,18-/m1/s1. The summed E-state index contributed by atoms with van der Waals surface area (Å²) in [4.78, 5) is 16.9. The van der Waals surface area contributed by atoms with E-state index in [1.165, 1.54) is 32.8 Å². The van der Waals surface area contributed by atoms with Crippen molar-refractivity contribution in [2.24, 2.45) is 0 Å². The van der Waals surface area contributed by atoms with Gasteiger partial charge in [0, 0.05) is 28.9 Å². The maximum absolute atomic E-state index is 12.0. The van der Waals surface area contributed by atoms with Gasteiger partial charge in [0.2, 0.25) is 0 Å². The molecule has 0 aliphatic carbocycles. The van der Waals surface area contributed by atoms with E-state index in [1.807, 2.05) is 12.1 Å². The van der Waals surface area contributed by atoms with Crippen molar-refractivity contribution in [2.75, 3.05) is 12.3 Å². The van der Waals surface area contributed by atoms with Crippen molar-refractivity contribution in [3.05, 3.63) is 57.5 Å². The monoisotopic (exact) mass is 402 g/mol. The molecular weight excluding hydrogens is 380 g/mol. The van der Waals surface area contributed by atoms with Gasteiger partial charge in [-0.3, -0.25) is 4.57 Å². The van der Waals surface area contributed by atoms with E-state index in [0.717, 1.165) is 4.57 Å². The minimum Gasteiger partial charge on any atom is -0.387 e. The topological polar surface area (TPSA) is 123 Å². The lowest BCUT2D eigenvalue weighted by Crippen LogP contribution is -2.38. The van der Waals surface area contributed by atoms with Crippen LogP contribution in [0.1, 0.15) is 16.7 Å². The third kappa shape index (κ3) is 3.43. The molecule has 148 valence electrons. The van der Waals surface area contributed by atoms with Crippen LogP contribution in [0.3, 0.4) is 0 Å². The van der Waals surface area contributed by atoms with Gasteiger partial charge in [-0.2, -0.15) is 4.98 Å². The molecule has 1 fully saturated rings. The first-order chi connectivity index (χ1) is 13.5. The number of nitrogens with one attached hydrogen (secondary N) is 1. The van der Waals surface area contributed by atoms with Crippen molar-refractivity contribution >= 4 is 27.2 Å². The first-order valence-electron chi connectivity index (χ1n) is 8.99. The number of nitrogens with zero attached hydrogens (tertiary/aromatic N) is 2. The van der Waals surface area contributed by atoms with Crippen molar-refractivity contribution in [1.82, 2.24) is 14.9 Å². The normalized spacial score (nSPS) is 24.8. The molecule has 4 rings (SSSR count). The van der Waals surface area contributed by atoms with E-state index in [-0.39, 0.29) is 5.82 Å². The van der Waals surface area contributed by atoms with Crippen molar-refractivity contribution in [3.8, 4) is 0 Å². The number of aliphatic hydroxyl groups is 2. The number of fused-ring (bicyclic) bond motifs is 1. The summed E-state index contributed by atoms with van der Waals surface area (Å²) >= 11 is 1.75. The molecule has 5 N–H and O–H groups in total. The number of aromatic nitrogens is 2. The molecule has 3 aromatic rings. The fourth-order valence-electron chi connectivity index (χ4n) is 3.53. The highest BCUT2D eigenvalue weighted by Crippen LogP contribution is 2.31. The van der Waals surface area contributed by atoms with Crippen LogP contribution in [0.5, 0.6) is 0 Å². The summed E-state index contributed by atoms with van der Waals surface area (Å²) in [6.07, 6.45) is -2.62. The van der Waals surface area contributed by atoms with Crippen LogP contribution in [0, 0.1) is 6.92 Å². The number of nitrogen functional groups attached to an aromatic ring is 1. The highest BCUT2D eigenvalue weighted by Gasteiger charge is 2.43. The molecule has 1 aliphatic rings. The number of ether oxygens (including phenoxy) is 1. The van der Waals surface area contributed by atoms with Gasteiger partial charge < -0.3 is 26.0 Å². The fourth-order valence-corrected chi connectivity index (χ4v) is 4.61. The average Bonchev–Trinajstić information content (AvgIpc) is 3.13. The molecule has 28 heavy (non-hydrogen) atoms. The van der Waals surface area contributed by atoms with E-state index in [9.17, 15) is 15.0 Å². The Hall–Kier alpha value is -2.30. The van der Waals surface area contributed by atoms with E-state index in [1.54, 1.807) is 11.3 Å². The number of hydrogen-bond donors (Lipinski definition) is 4. The lowest BCUT2D eigenvalue weighted by molar-refractivity contribution is -0.0390. The quantitative estimate of drug-likeness (QED) is 0.497. The van der Waals surface area contributed by atoms with Crippen LogP contribution in [0.15, 0.2) is 41.3 Å². The Kier molecular flexibility index (Phi) is 5.17. The van der Waals surface area contributed by atoms with Gasteiger partial charge in [-0.1, -0.05) is 18.2 Å². The highest BCUT2D eigenvalue weighted by molar-refractivity contribution is 7.19. The predicted octanol–water partition coefficient (Wildman–Crippen LogP) is 0.758. The van der Waals surface area contributed by atoms with Crippen molar-refractivity contribution in [2.45, 2.75) is 38.0 Å². The molecule has 0 saturated carbocycles. The molecule has 0 radical (unpaired) electrons. The number of aryl methyl sites for hydroxylation is 1. The Morgan fingerprint density at radius 3 is 2.86 bits per heavy atom. The summed E-state index contributed by atoms with van der Waals surface area (Å²) < 4.78 is 8.13. The third-order valence-electron chi connectivity index (χ3n) is 5.01. The zero-order chi connectivity index (χ0) is 19.8. The Labute approximate surface area is 165 Å². The van der Waals surface area contributed by atoms with Gasteiger partial charge in [-0.05, 0) is 30.0 Å². The van der Waals surface area contributed by atoms with Gasteiger partial charge in [0.25, 0.3) is 0 Å². The molecule has 1 saturated heterocycles. The van der Waals surface area contributed by atoms with E-state index in [2.05, 4.69) is 29.4 Å². The third-order valence-corrected chi connectivity index (χ3v) is 6.14. The van der Waals surface area contributed by atoms with Crippen LogP contribution < -0.4 is 16.7 Å². The zero-order valence-electron chi connectivity index (χ0n) is 15.3. The van der Waals surface area contributed by atoms with Crippen molar-refractivity contribution in [3.63, 3.8) is 0 Å². The molecule has 1 aromatic carbocycles. The molecule has 0 spiro atoms. The minimum absolute atomic E-state index is 0.0888. The van der Waals surface area contributed by atoms with E-state index >= 15 is 0 Å². The fraction of sp³-hybridized carbons (Fsp3) is 0.368. The molecule has 1 aliphatic heterocycles. The predicted molar refractivity (Wildman–Crippen MR) is 107 cm³/mol. The summed E-state index contributed by atoms with van der Waals surface area (Å²) in [5.74, 6) is 0.0888. The number of benzene rings is 1. The van der Waals surface area contributed by atoms with Crippen molar-refractivity contribution in [1.29, 1.82) is 0 Å². The van der Waals surface area contributed by atoms with Crippen LogP contribution in [-0.2, 0) is 11.3 Å². The summed E-state index contributed by atoms with van der Waals surface area (Å²) in [6, 6.07) is 9.67. The maximum atomic E-state index is 12.0. The Morgan fingerprint density at radius 1 is 1.29 bits per heavy atom. The number of rotatable bonds is 5. The van der Waals surface area contributed by atoms with Gasteiger partial charge in [-0.25, -0.2) is 4.79 Å². The molecule has 3 heterocycles. The summed E-state index contributed by atoms with van der Waals surface area (Å²) in [5.41, 5.74) is 6.07. The van der Waals surface area contributed by atoms with E-state index in [0.29, 0.717) is 13.1 Å². The molecular formula is C19H22N4O4S. The number of thiophene rings is 1. The molecule has 0 amide bonds. The van der Waals surface area contributed by atoms with Crippen LogP contribution in [0.2, 0.25) is 0 Å². The summed E-state index contributed by atoms with van der Waals surface area (Å²) in [7, 11) is 0. The Morgan fingerprint density at radius 2 is 2.07 bits per heavy atom. The maximum Gasteiger partial charge on any atom is 0.351 e. The second-order valence-electron chi connectivity index (χ2n) is 6.85. The first kappa shape index (κ1) is 19.0. The van der Waals surface area contributed by atoms with Crippen LogP contribution in [0.25, 0.3) is 10.1 Å². The molecule has 4 atom stereocenters. The van der Waals surface area contributed by atoms with Gasteiger partial charge in [-0.15, -0.1) is 11.3 Å². The van der Waals surface area contributed by atoms with Gasteiger partial charge in [0.15, 0.2) is 6.23 Å². The van der Waals surface area contributed by atoms with Gasteiger partial charge >= 0.3 is 5.69 Å². The van der Waals surface area contributed by atoms with E-state index < -0.39 is 30.2 Å². The van der Waals surface area contributed by atoms with Gasteiger partial charge in [0.1, 0.15) is 24.1 Å². The second kappa shape index (κ2) is 7.61. The number of nitrogens with two attached hydrogens (primary N) is 1. The summed E-state index contributed by atoms with van der Waals surface area (Å²) in [5, 5.41) is 25.2. The molecule has 9 heteroatoms. The number of anilines is 1. The Balaban J connectivity index is 1.44. The molecule has 0 bridgehead atoms. The second-order valence-corrected chi connectivity index (χ2v) is 8.11. The SMILES string of the molecule is Cc1sc2ccccc2c1CNC[C@H]1O[C@@H](n2ccc(N)nc2=O)[C@H](O)[C@@H]1O. The lowest BCUT2D eigenvalue weighted by atomic mass is 10.1. The largest absolute Gasteiger partial charge is 0.387 e. The zero-order valence-corrected chi connectivity index (χ0v) is 16.1. The van der Waals surface area contributed by atoms with Crippen LogP contribution >= 0.6 is 11.3 Å². The van der Waals surface area contributed by atoms with Crippen LogP contribution in [-0.4, -0.2) is 44.6 Å². The number of aliphatic hydroxyl groups excluding tert-OH is 2. The minimum atomic E-state index is -1.24. The van der Waals surface area contributed by atoms with Crippen molar-refractivity contribution < 1.29 is 14.9 Å². The lowest BCUT2D eigenvalue weighted by Gasteiger charge is -2.17. The Bertz CT molecular complexity index is 1050. The van der Waals surface area contributed by atoms with E-state index in [4.69, 9.17) is 10.5 Å². The van der Waals surface area contributed by atoms with Gasteiger partial charge in [0.05, 0.1) is 0 Å². The average molecular weight is 402 g/mol. The smallest absolute Gasteiger partial charge is 0.351 e. The highest BCUT2D eigenvalue weighted by atomic mass is 32.1.